The van der Waals surface area contributed by atoms with Crippen LogP contribution in [0.25, 0.3) is 0 Å². The molecule has 2 nitrogen and oxygen atoms in total. The van der Waals surface area contributed by atoms with Crippen LogP contribution in [0.5, 0.6) is 0 Å². The minimum Gasteiger partial charge on any atom is -0.466 e. The van der Waals surface area contributed by atoms with Crippen molar-refractivity contribution in [1.29, 1.82) is 0 Å². The van der Waals surface area contributed by atoms with Gasteiger partial charge in [-0.25, -0.2) is 0 Å². The van der Waals surface area contributed by atoms with Crippen LogP contribution < -0.4 is 0 Å². The van der Waals surface area contributed by atoms with Gasteiger partial charge in [-0.05, 0) is 37.5 Å². The van der Waals surface area contributed by atoms with Gasteiger partial charge in [0, 0.05) is 0 Å². The number of carbonyl (C=O) groups is 1. The molecular formula is C10H16O2. The highest BCUT2D eigenvalue weighted by Crippen LogP contribution is 2.65. The van der Waals surface area contributed by atoms with Gasteiger partial charge in [-0.1, -0.05) is 6.42 Å². The third-order valence-corrected chi connectivity index (χ3v) is 3.39. The summed E-state index contributed by atoms with van der Waals surface area (Å²) in [6.07, 6.45) is 5.90. The van der Waals surface area contributed by atoms with Crippen LogP contribution in [0.1, 0.15) is 39.0 Å². The summed E-state index contributed by atoms with van der Waals surface area (Å²) in [5.41, 5.74) is 0.409. The monoisotopic (exact) mass is 168 g/mol. The Hall–Kier alpha value is -0.530. The molecule has 2 aliphatic carbocycles. The highest BCUT2D eigenvalue weighted by Gasteiger charge is 2.57. The number of hydrogen-bond acceptors (Lipinski definition) is 2. The van der Waals surface area contributed by atoms with Crippen molar-refractivity contribution in [3.63, 3.8) is 0 Å². The van der Waals surface area contributed by atoms with Crippen LogP contribution in [0.4, 0.5) is 0 Å². The van der Waals surface area contributed by atoms with Gasteiger partial charge < -0.3 is 4.74 Å². The Kier molecular flexibility index (Phi) is 1.85. The molecule has 0 N–H and O–H groups in total. The minimum atomic E-state index is 0.0156. The second kappa shape index (κ2) is 2.75. The first kappa shape index (κ1) is 8.09. The summed E-state index contributed by atoms with van der Waals surface area (Å²) in [6.45, 7) is 2.40. The van der Waals surface area contributed by atoms with Crippen LogP contribution in [0.2, 0.25) is 0 Å². The van der Waals surface area contributed by atoms with Gasteiger partial charge in [-0.3, -0.25) is 4.79 Å². The quantitative estimate of drug-likeness (QED) is 0.603. The van der Waals surface area contributed by atoms with E-state index in [9.17, 15) is 4.79 Å². The van der Waals surface area contributed by atoms with Gasteiger partial charge >= 0.3 is 5.97 Å². The van der Waals surface area contributed by atoms with Crippen LogP contribution in [-0.4, -0.2) is 12.6 Å². The Labute approximate surface area is 73.3 Å². The summed E-state index contributed by atoms with van der Waals surface area (Å²) in [7, 11) is 0. The first-order valence-corrected chi connectivity index (χ1v) is 4.92. The van der Waals surface area contributed by atoms with E-state index in [4.69, 9.17) is 4.74 Å². The van der Waals surface area contributed by atoms with E-state index in [1.54, 1.807) is 0 Å². The zero-order valence-electron chi connectivity index (χ0n) is 7.64. The molecule has 2 heteroatoms. The van der Waals surface area contributed by atoms with Crippen molar-refractivity contribution in [3.8, 4) is 0 Å². The lowest BCUT2D eigenvalue weighted by Crippen LogP contribution is -2.11. The van der Waals surface area contributed by atoms with Crippen molar-refractivity contribution < 1.29 is 9.53 Å². The maximum Gasteiger partial charge on any atom is 0.306 e. The van der Waals surface area contributed by atoms with Crippen LogP contribution in [0.3, 0.4) is 0 Å². The third kappa shape index (κ3) is 1.23. The molecule has 0 spiro atoms. The minimum absolute atomic E-state index is 0.0156. The van der Waals surface area contributed by atoms with Crippen molar-refractivity contribution in [1.82, 2.24) is 0 Å². The van der Waals surface area contributed by atoms with Gasteiger partial charge in [0.15, 0.2) is 0 Å². The Morgan fingerprint density at radius 2 is 2.50 bits per heavy atom. The SMILES string of the molecule is CCOC(=O)CC12CCCC1C2. The molecule has 2 atom stereocenters. The Balaban J connectivity index is 1.83. The first-order valence-electron chi connectivity index (χ1n) is 4.92. The average Bonchev–Trinajstić information content (AvgIpc) is 2.53. The van der Waals surface area contributed by atoms with Crippen molar-refractivity contribution in [2.45, 2.75) is 39.0 Å². The van der Waals surface area contributed by atoms with Gasteiger partial charge in [0.2, 0.25) is 0 Å². The summed E-state index contributed by atoms with van der Waals surface area (Å²) >= 11 is 0. The third-order valence-electron chi connectivity index (χ3n) is 3.39. The topological polar surface area (TPSA) is 26.3 Å². The predicted molar refractivity (Wildman–Crippen MR) is 45.6 cm³/mol. The van der Waals surface area contributed by atoms with Crippen LogP contribution in [-0.2, 0) is 9.53 Å². The molecule has 68 valence electrons. The summed E-state index contributed by atoms with van der Waals surface area (Å²) in [5, 5.41) is 0. The number of carbonyl (C=O) groups excluding carboxylic acids is 1. The molecule has 2 unspecified atom stereocenters. The van der Waals surface area contributed by atoms with Crippen molar-refractivity contribution >= 4 is 5.97 Å². The Morgan fingerprint density at radius 1 is 1.67 bits per heavy atom. The lowest BCUT2D eigenvalue weighted by molar-refractivity contribution is -0.144. The molecule has 2 rings (SSSR count). The molecule has 0 aromatic rings. The molecule has 0 aliphatic heterocycles. The molecule has 0 saturated heterocycles. The van der Waals surface area contributed by atoms with Gasteiger partial charge in [0.25, 0.3) is 0 Å². The van der Waals surface area contributed by atoms with Crippen LogP contribution >= 0.6 is 0 Å². The standard InChI is InChI=1S/C10H16O2/c1-2-12-9(11)7-10-5-3-4-8(10)6-10/h8H,2-7H2,1H3. The lowest BCUT2D eigenvalue weighted by atomic mass is 10.00. The molecule has 0 aromatic heterocycles. The molecule has 12 heavy (non-hydrogen) atoms. The van der Waals surface area contributed by atoms with E-state index in [0.29, 0.717) is 18.4 Å². The van der Waals surface area contributed by atoms with Crippen LogP contribution in [0, 0.1) is 11.3 Å². The lowest BCUT2D eigenvalue weighted by Gasteiger charge is -2.09. The molecule has 2 fully saturated rings. The van der Waals surface area contributed by atoms with Crippen molar-refractivity contribution in [2.75, 3.05) is 6.61 Å². The van der Waals surface area contributed by atoms with E-state index in [-0.39, 0.29) is 5.97 Å². The fraction of sp³-hybridized carbons (Fsp3) is 0.900. The highest BCUT2D eigenvalue weighted by molar-refractivity contribution is 5.71. The van der Waals surface area contributed by atoms with E-state index >= 15 is 0 Å². The second-order valence-corrected chi connectivity index (χ2v) is 4.14. The molecule has 0 amide bonds. The summed E-state index contributed by atoms with van der Waals surface area (Å²) in [4.78, 5) is 11.2. The fourth-order valence-corrected chi connectivity index (χ4v) is 2.65. The molecular weight excluding hydrogens is 152 g/mol. The summed E-state index contributed by atoms with van der Waals surface area (Å²) in [6, 6.07) is 0. The number of ether oxygens (including phenoxy) is 1. The zero-order chi connectivity index (χ0) is 8.60. The average molecular weight is 168 g/mol. The van der Waals surface area contributed by atoms with E-state index in [0.717, 1.165) is 5.92 Å². The fourth-order valence-electron chi connectivity index (χ4n) is 2.65. The largest absolute Gasteiger partial charge is 0.466 e. The zero-order valence-corrected chi connectivity index (χ0v) is 7.64. The number of hydrogen-bond donors (Lipinski definition) is 0. The summed E-state index contributed by atoms with van der Waals surface area (Å²) < 4.78 is 4.96. The molecule has 0 bridgehead atoms. The molecule has 2 saturated carbocycles. The Bertz CT molecular complexity index is 200. The van der Waals surface area contributed by atoms with Crippen molar-refractivity contribution in [2.24, 2.45) is 11.3 Å². The first-order chi connectivity index (χ1) is 5.77. The number of rotatable bonds is 3. The smallest absolute Gasteiger partial charge is 0.306 e. The van der Waals surface area contributed by atoms with Crippen LogP contribution in [0.15, 0.2) is 0 Å². The van der Waals surface area contributed by atoms with Gasteiger partial charge in [-0.15, -0.1) is 0 Å². The summed E-state index contributed by atoms with van der Waals surface area (Å²) in [5.74, 6) is 0.879. The normalized spacial score (nSPS) is 37.6. The molecule has 2 aliphatic rings. The van der Waals surface area contributed by atoms with Gasteiger partial charge in [-0.2, -0.15) is 0 Å². The maximum atomic E-state index is 11.2. The highest BCUT2D eigenvalue weighted by atomic mass is 16.5. The van der Waals surface area contributed by atoms with E-state index in [2.05, 4.69) is 0 Å². The van der Waals surface area contributed by atoms with E-state index in [1.807, 2.05) is 6.92 Å². The number of fused-ring (bicyclic) bond motifs is 1. The van der Waals surface area contributed by atoms with E-state index < -0.39 is 0 Å². The predicted octanol–water partition coefficient (Wildman–Crippen LogP) is 2.13. The van der Waals surface area contributed by atoms with E-state index in [1.165, 1.54) is 25.7 Å². The van der Waals surface area contributed by atoms with Crippen molar-refractivity contribution in [3.05, 3.63) is 0 Å². The molecule has 0 aromatic carbocycles. The maximum absolute atomic E-state index is 11.2. The molecule has 0 radical (unpaired) electrons. The molecule has 0 heterocycles. The number of esters is 1. The van der Waals surface area contributed by atoms with Gasteiger partial charge in [0.1, 0.15) is 0 Å². The second-order valence-electron chi connectivity index (χ2n) is 4.14. The Morgan fingerprint density at radius 3 is 3.00 bits per heavy atom. The van der Waals surface area contributed by atoms with Gasteiger partial charge in [0.05, 0.1) is 13.0 Å².